The molecule has 1 aliphatic rings. The van der Waals surface area contributed by atoms with Gasteiger partial charge in [0.15, 0.2) is 9.84 Å². The fourth-order valence-electron chi connectivity index (χ4n) is 2.62. The predicted molar refractivity (Wildman–Crippen MR) is 87.9 cm³/mol. The van der Waals surface area contributed by atoms with Crippen LogP contribution >= 0.6 is 0 Å². The molecule has 1 aliphatic heterocycles. The van der Waals surface area contributed by atoms with Crippen molar-refractivity contribution in [2.45, 2.75) is 49.7 Å². The van der Waals surface area contributed by atoms with Gasteiger partial charge in [0.1, 0.15) is 0 Å². The zero-order valence-electron chi connectivity index (χ0n) is 13.6. The fraction of sp³-hybridized carbons (Fsp3) is 0.500. The Morgan fingerprint density at radius 3 is 2.54 bits per heavy atom. The summed E-state index contributed by atoms with van der Waals surface area (Å²) < 4.78 is 28.9. The van der Waals surface area contributed by atoms with Crippen LogP contribution < -0.4 is 5.32 Å². The van der Waals surface area contributed by atoms with Crippen molar-refractivity contribution in [3.63, 3.8) is 0 Å². The average molecular weight is 355 g/mol. The second kappa shape index (κ2) is 7.31. The Balaban J connectivity index is 2.06. The summed E-state index contributed by atoms with van der Waals surface area (Å²) in [5.41, 5.74) is -0.0396. The number of ether oxygens (including phenoxy) is 1. The number of carbonyl (C=O) groups excluding carboxylic acids is 1. The van der Waals surface area contributed by atoms with E-state index in [9.17, 15) is 18.0 Å². The van der Waals surface area contributed by atoms with E-state index in [-0.39, 0.29) is 40.7 Å². The highest BCUT2D eigenvalue weighted by molar-refractivity contribution is 7.90. The number of aromatic carboxylic acids is 1. The van der Waals surface area contributed by atoms with Crippen LogP contribution in [0, 0.1) is 0 Å². The Morgan fingerprint density at radius 1 is 1.29 bits per heavy atom. The molecule has 132 valence electrons. The number of rotatable bonds is 6. The molecular formula is C16H21NO6S. The van der Waals surface area contributed by atoms with Gasteiger partial charge in [-0.2, -0.15) is 0 Å². The van der Waals surface area contributed by atoms with Crippen LogP contribution in [0.15, 0.2) is 23.1 Å². The van der Waals surface area contributed by atoms with Crippen molar-refractivity contribution >= 4 is 27.4 Å². The molecule has 1 amide bonds. The maximum atomic E-state index is 12.0. The maximum Gasteiger partial charge on any atom is 0.335 e. The predicted octanol–water partition coefficient (Wildman–Crippen LogP) is 2.07. The van der Waals surface area contributed by atoms with Gasteiger partial charge in [-0.3, -0.25) is 4.79 Å². The SMILES string of the molecule is CC1CCC(CCC(=O)Nc2cc(C(=O)O)cc(S(C)(=O)=O)c2)O1. The van der Waals surface area contributed by atoms with Gasteiger partial charge in [0.05, 0.1) is 22.7 Å². The van der Waals surface area contributed by atoms with Crippen LogP contribution in [-0.2, 0) is 19.4 Å². The van der Waals surface area contributed by atoms with Crippen LogP contribution in [0.25, 0.3) is 0 Å². The molecule has 0 aromatic heterocycles. The molecule has 8 heteroatoms. The van der Waals surface area contributed by atoms with Gasteiger partial charge < -0.3 is 15.2 Å². The number of benzene rings is 1. The van der Waals surface area contributed by atoms with E-state index in [0.717, 1.165) is 25.2 Å². The lowest BCUT2D eigenvalue weighted by molar-refractivity contribution is -0.116. The fourth-order valence-corrected chi connectivity index (χ4v) is 3.30. The maximum absolute atomic E-state index is 12.0. The van der Waals surface area contributed by atoms with E-state index in [1.807, 2.05) is 6.92 Å². The third-order valence-corrected chi connectivity index (χ3v) is 4.97. The molecule has 1 aromatic carbocycles. The summed E-state index contributed by atoms with van der Waals surface area (Å²) in [5.74, 6) is -1.57. The molecule has 1 saturated heterocycles. The van der Waals surface area contributed by atoms with Crippen LogP contribution in [-0.4, -0.2) is 43.9 Å². The molecular weight excluding hydrogens is 334 g/mol. The van der Waals surface area contributed by atoms with Crippen molar-refractivity contribution in [3.8, 4) is 0 Å². The Morgan fingerprint density at radius 2 is 2.00 bits per heavy atom. The van der Waals surface area contributed by atoms with E-state index in [0.29, 0.717) is 6.42 Å². The lowest BCUT2D eigenvalue weighted by Gasteiger charge is -2.12. The Kier molecular flexibility index (Phi) is 5.61. The number of carboxylic acid groups (broad SMARTS) is 1. The Labute approximate surface area is 140 Å². The van der Waals surface area contributed by atoms with Gasteiger partial charge in [0, 0.05) is 18.4 Å². The minimum atomic E-state index is -3.58. The average Bonchev–Trinajstić information content (AvgIpc) is 2.89. The summed E-state index contributed by atoms with van der Waals surface area (Å²) in [7, 11) is -3.58. The molecule has 1 fully saturated rings. The Hall–Kier alpha value is -1.93. The number of carbonyl (C=O) groups is 2. The summed E-state index contributed by atoms with van der Waals surface area (Å²) in [5, 5.41) is 11.6. The summed E-state index contributed by atoms with van der Waals surface area (Å²) in [6, 6.07) is 3.57. The number of carboxylic acids is 1. The highest BCUT2D eigenvalue weighted by Gasteiger charge is 2.22. The molecule has 0 aliphatic carbocycles. The number of hydrogen-bond donors (Lipinski definition) is 2. The first-order valence-corrected chi connectivity index (χ1v) is 9.58. The standard InChI is InChI=1S/C16H21NO6S/c1-10-3-4-13(23-10)5-6-15(18)17-12-7-11(16(19)20)8-14(9-12)24(2,21)22/h7-10,13H,3-6H2,1-2H3,(H,17,18)(H,19,20). The topological polar surface area (TPSA) is 110 Å². The first kappa shape index (κ1) is 18.4. The number of hydrogen-bond acceptors (Lipinski definition) is 5. The lowest BCUT2D eigenvalue weighted by atomic mass is 10.1. The van der Waals surface area contributed by atoms with E-state index in [4.69, 9.17) is 9.84 Å². The molecule has 0 spiro atoms. The van der Waals surface area contributed by atoms with Crippen molar-refractivity contribution in [3.05, 3.63) is 23.8 Å². The van der Waals surface area contributed by atoms with Crippen LogP contribution in [0.1, 0.15) is 43.0 Å². The van der Waals surface area contributed by atoms with E-state index < -0.39 is 15.8 Å². The molecule has 2 rings (SSSR count). The van der Waals surface area contributed by atoms with Gasteiger partial charge in [0.25, 0.3) is 0 Å². The molecule has 24 heavy (non-hydrogen) atoms. The van der Waals surface area contributed by atoms with E-state index in [2.05, 4.69) is 5.32 Å². The molecule has 0 radical (unpaired) electrons. The molecule has 0 bridgehead atoms. The van der Waals surface area contributed by atoms with Crippen LogP contribution in [0.5, 0.6) is 0 Å². The molecule has 2 unspecified atom stereocenters. The monoisotopic (exact) mass is 355 g/mol. The summed E-state index contributed by atoms with van der Waals surface area (Å²) in [4.78, 5) is 23.0. The molecule has 7 nitrogen and oxygen atoms in total. The molecule has 1 heterocycles. The van der Waals surface area contributed by atoms with Gasteiger partial charge in [0.2, 0.25) is 5.91 Å². The van der Waals surface area contributed by atoms with Crippen LogP contribution in [0.2, 0.25) is 0 Å². The number of amides is 1. The molecule has 1 aromatic rings. The van der Waals surface area contributed by atoms with Crippen LogP contribution in [0.3, 0.4) is 0 Å². The third kappa shape index (κ3) is 5.04. The highest BCUT2D eigenvalue weighted by atomic mass is 32.2. The Bertz CT molecular complexity index is 743. The van der Waals surface area contributed by atoms with E-state index in [1.54, 1.807) is 0 Å². The van der Waals surface area contributed by atoms with Crippen molar-refractivity contribution in [1.82, 2.24) is 0 Å². The number of anilines is 1. The minimum Gasteiger partial charge on any atom is -0.478 e. The quantitative estimate of drug-likeness (QED) is 0.808. The van der Waals surface area contributed by atoms with Gasteiger partial charge >= 0.3 is 5.97 Å². The lowest BCUT2D eigenvalue weighted by Crippen LogP contribution is -2.16. The number of nitrogens with one attached hydrogen (secondary N) is 1. The van der Waals surface area contributed by atoms with Crippen molar-refractivity contribution in [2.75, 3.05) is 11.6 Å². The van der Waals surface area contributed by atoms with Crippen molar-refractivity contribution in [2.24, 2.45) is 0 Å². The van der Waals surface area contributed by atoms with Gasteiger partial charge in [-0.1, -0.05) is 0 Å². The first-order valence-electron chi connectivity index (χ1n) is 7.69. The first-order chi connectivity index (χ1) is 11.1. The largest absolute Gasteiger partial charge is 0.478 e. The second-order valence-corrected chi connectivity index (χ2v) is 8.07. The van der Waals surface area contributed by atoms with Gasteiger partial charge in [-0.05, 0) is 44.4 Å². The summed E-state index contributed by atoms with van der Waals surface area (Å²) in [6.07, 6.45) is 3.95. The normalized spacial score (nSPS) is 20.8. The summed E-state index contributed by atoms with van der Waals surface area (Å²) >= 11 is 0. The minimum absolute atomic E-state index is 0.0580. The van der Waals surface area contributed by atoms with Gasteiger partial charge in [-0.25, -0.2) is 13.2 Å². The highest BCUT2D eigenvalue weighted by Crippen LogP contribution is 2.23. The third-order valence-electron chi connectivity index (χ3n) is 3.88. The molecule has 0 saturated carbocycles. The van der Waals surface area contributed by atoms with Crippen molar-refractivity contribution < 1.29 is 27.9 Å². The molecule has 2 atom stereocenters. The van der Waals surface area contributed by atoms with Crippen molar-refractivity contribution in [1.29, 1.82) is 0 Å². The summed E-state index contributed by atoms with van der Waals surface area (Å²) in [6.45, 7) is 1.99. The second-order valence-electron chi connectivity index (χ2n) is 6.06. The zero-order valence-corrected chi connectivity index (χ0v) is 14.4. The molecule has 2 N–H and O–H groups in total. The zero-order chi connectivity index (χ0) is 17.9. The smallest absolute Gasteiger partial charge is 0.335 e. The van der Waals surface area contributed by atoms with E-state index >= 15 is 0 Å². The number of sulfone groups is 1. The van der Waals surface area contributed by atoms with E-state index in [1.165, 1.54) is 12.1 Å². The van der Waals surface area contributed by atoms with Crippen LogP contribution in [0.4, 0.5) is 5.69 Å². The van der Waals surface area contributed by atoms with Gasteiger partial charge in [-0.15, -0.1) is 0 Å².